The van der Waals surface area contributed by atoms with Gasteiger partial charge in [-0.05, 0) is 81.7 Å². The molecule has 2 aliphatic rings. The van der Waals surface area contributed by atoms with Crippen LogP contribution in [0.2, 0.25) is 0 Å². The van der Waals surface area contributed by atoms with Crippen LogP contribution in [0.25, 0.3) is 10.9 Å². The van der Waals surface area contributed by atoms with E-state index in [4.69, 9.17) is 9.47 Å². The first-order chi connectivity index (χ1) is 17.8. The monoisotopic (exact) mass is 509 g/mol. The Kier molecular flexibility index (Phi) is 7.17. The van der Waals surface area contributed by atoms with Crippen LogP contribution < -0.4 is 14.8 Å². The van der Waals surface area contributed by atoms with Crippen LogP contribution in [0.3, 0.4) is 0 Å². The van der Waals surface area contributed by atoms with E-state index >= 15 is 0 Å². The number of halogens is 1. The lowest BCUT2D eigenvalue weighted by Gasteiger charge is -2.29. The number of aromatic nitrogens is 1. The standard InChI is InChI=1S/C28H32FN3O5/c1-17(2)32-10-7-18-13-19(5-6-23(18)32)26(34)28(35)30-22(16-31-8-3-4-9-31)25(33)20-14-21(29)27-24(15-20)36-11-12-37-27/h5-7,10,13-15,17,22,25,33H,3-4,8-9,11-12,16H2,1-2H3,(H,30,35)/t22-,25+/m1/s1. The van der Waals surface area contributed by atoms with Gasteiger partial charge in [-0.15, -0.1) is 0 Å². The van der Waals surface area contributed by atoms with Crippen molar-refractivity contribution in [1.82, 2.24) is 14.8 Å². The highest BCUT2D eigenvalue weighted by Gasteiger charge is 2.31. The molecule has 1 fully saturated rings. The molecule has 37 heavy (non-hydrogen) atoms. The number of benzene rings is 2. The molecular weight excluding hydrogens is 477 g/mol. The summed E-state index contributed by atoms with van der Waals surface area (Å²) in [6, 6.07) is 9.26. The first-order valence-corrected chi connectivity index (χ1v) is 12.8. The second kappa shape index (κ2) is 10.5. The Morgan fingerprint density at radius 3 is 2.59 bits per heavy atom. The molecule has 2 atom stereocenters. The molecule has 9 heteroatoms. The summed E-state index contributed by atoms with van der Waals surface area (Å²) in [5.74, 6) is -1.92. The average molecular weight is 510 g/mol. The van der Waals surface area contributed by atoms with Crippen LogP contribution in [0, 0.1) is 5.82 Å². The Morgan fingerprint density at radius 1 is 1.08 bits per heavy atom. The van der Waals surface area contributed by atoms with Crippen molar-refractivity contribution in [2.24, 2.45) is 0 Å². The third kappa shape index (κ3) is 5.19. The highest BCUT2D eigenvalue weighted by molar-refractivity contribution is 6.43. The number of fused-ring (bicyclic) bond motifs is 2. The molecule has 0 unspecified atom stereocenters. The maximum atomic E-state index is 14.7. The van der Waals surface area contributed by atoms with Crippen molar-refractivity contribution in [3.63, 3.8) is 0 Å². The molecule has 1 amide bonds. The van der Waals surface area contributed by atoms with Gasteiger partial charge in [-0.25, -0.2) is 4.39 Å². The Hall–Kier alpha value is -3.43. The first kappa shape index (κ1) is 25.2. The molecule has 0 aliphatic carbocycles. The molecule has 0 spiro atoms. The van der Waals surface area contributed by atoms with E-state index in [0.717, 1.165) is 36.8 Å². The van der Waals surface area contributed by atoms with Crippen LogP contribution in [0.4, 0.5) is 4.39 Å². The second-order valence-corrected chi connectivity index (χ2v) is 9.98. The Bertz CT molecular complexity index is 1310. The molecular formula is C28H32FN3O5. The zero-order valence-corrected chi connectivity index (χ0v) is 21.1. The SMILES string of the molecule is CC(C)n1ccc2cc(C(=O)C(=O)N[C@H](CN3CCCC3)[C@@H](O)c3cc(F)c4c(c3)OCCO4)ccc21. The minimum atomic E-state index is -1.26. The molecule has 2 N–H and O–H groups in total. The Morgan fingerprint density at radius 2 is 1.84 bits per heavy atom. The van der Waals surface area contributed by atoms with Crippen molar-refractivity contribution < 1.29 is 28.6 Å². The van der Waals surface area contributed by atoms with Crippen molar-refractivity contribution in [2.45, 2.75) is 44.9 Å². The number of nitrogens with one attached hydrogen (secondary N) is 1. The van der Waals surface area contributed by atoms with E-state index in [-0.39, 0.29) is 41.9 Å². The predicted molar refractivity (Wildman–Crippen MR) is 137 cm³/mol. The fourth-order valence-electron chi connectivity index (χ4n) is 5.12. The van der Waals surface area contributed by atoms with E-state index in [1.54, 1.807) is 12.1 Å². The minimum Gasteiger partial charge on any atom is -0.486 e. The van der Waals surface area contributed by atoms with E-state index in [2.05, 4.69) is 28.6 Å². The van der Waals surface area contributed by atoms with Crippen LogP contribution in [-0.4, -0.2) is 65.2 Å². The third-order valence-corrected chi connectivity index (χ3v) is 7.06. The molecule has 2 aromatic carbocycles. The van der Waals surface area contributed by atoms with Gasteiger partial charge < -0.3 is 29.4 Å². The van der Waals surface area contributed by atoms with Crippen molar-refractivity contribution in [2.75, 3.05) is 32.8 Å². The van der Waals surface area contributed by atoms with E-state index in [0.29, 0.717) is 6.54 Å². The maximum absolute atomic E-state index is 14.7. The maximum Gasteiger partial charge on any atom is 0.292 e. The molecule has 2 aliphatic heterocycles. The summed E-state index contributed by atoms with van der Waals surface area (Å²) in [5, 5.41) is 14.8. The topological polar surface area (TPSA) is 93.0 Å². The zero-order chi connectivity index (χ0) is 26.1. The number of carbonyl (C=O) groups is 2. The van der Waals surface area contributed by atoms with Gasteiger partial charge >= 0.3 is 0 Å². The van der Waals surface area contributed by atoms with E-state index < -0.39 is 29.7 Å². The van der Waals surface area contributed by atoms with Crippen molar-refractivity contribution in [1.29, 1.82) is 0 Å². The first-order valence-electron chi connectivity index (χ1n) is 12.8. The number of likely N-dealkylation sites (tertiary alicyclic amines) is 1. The van der Waals surface area contributed by atoms with Crippen molar-refractivity contribution >= 4 is 22.6 Å². The number of ether oxygens (including phenoxy) is 2. The van der Waals surface area contributed by atoms with Gasteiger partial charge in [0.1, 0.15) is 19.3 Å². The summed E-state index contributed by atoms with van der Waals surface area (Å²) in [5.41, 5.74) is 1.50. The van der Waals surface area contributed by atoms with Crippen molar-refractivity contribution in [3.8, 4) is 11.5 Å². The van der Waals surface area contributed by atoms with E-state index in [1.165, 1.54) is 12.1 Å². The smallest absolute Gasteiger partial charge is 0.292 e. The van der Waals surface area contributed by atoms with E-state index in [1.807, 2.05) is 18.3 Å². The lowest BCUT2D eigenvalue weighted by Crippen LogP contribution is -2.48. The summed E-state index contributed by atoms with van der Waals surface area (Å²) in [7, 11) is 0. The molecule has 8 nitrogen and oxygen atoms in total. The summed E-state index contributed by atoms with van der Waals surface area (Å²) < 4.78 is 27.6. The zero-order valence-electron chi connectivity index (χ0n) is 21.1. The van der Waals surface area contributed by atoms with Gasteiger partial charge in [0, 0.05) is 35.2 Å². The fourth-order valence-corrected chi connectivity index (χ4v) is 5.12. The lowest BCUT2D eigenvalue weighted by molar-refractivity contribution is -0.118. The van der Waals surface area contributed by atoms with Gasteiger partial charge in [-0.3, -0.25) is 9.59 Å². The number of aliphatic hydroxyl groups is 1. The number of ketones is 1. The summed E-state index contributed by atoms with van der Waals surface area (Å²) in [4.78, 5) is 28.3. The largest absolute Gasteiger partial charge is 0.486 e. The minimum absolute atomic E-state index is 0.0131. The van der Waals surface area contributed by atoms with Crippen LogP contribution in [-0.2, 0) is 4.79 Å². The Labute approximate surface area is 215 Å². The third-order valence-electron chi connectivity index (χ3n) is 7.06. The van der Waals surface area contributed by atoms with Gasteiger partial charge in [0.05, 0.1) is 6.04 Å². The second-order valence-electron chi connectivity index (χ2n) is 9.98. The number of aliphatic hydroxyl groups excluding tert-OH is 1. The number of amides is 1. The van der Waals surface area contributed by atoms with Crippen LogP contribution >= 0.6 is 0 Å². The van der Waals surface area contributed by atoms with Gasteiger partial charge in [-0.2, -0.15) is 0 Å². The summed E-state index contributed by atoms with van der Waals surface area (Å²) in [6.45, 7) is 6.65. The summed E-state index contributed by atoms with van der Waals surface area (Å²) >= 11 is 0. The highest BCUT2D eigenvalue weighted by Crippen LogP contribution is 2.36. The van der Waals surface area contributed by atoms with Gasteiger partial charge in [-0.1, -0.05) is 0 Å². The summed E-state index contributed by atoms with van der Waals surface area (Å²) in [6.07, 6.45) is 2.73. The van der Waals surface area contributed by atoms with E-state index in [9.17, 15) is 19.1 Å². The number of Topliss-reactive ketones (excluding diaryl/α,β-unsaturated/α-hetero) is 1. The molecule has 1 saturated heterocycles. The molecule has 3 aromatic rings. The molecule has 0 bridgehead atoms. The van der Waals surface area contributed by atoms with Crippen LogP contribution in [0.15, 0.2) is 42.6 Å². The number of carbonyl (C=O) groups excluding carboxylic acids is 2. The molecule has 0 radical (unpaired) electrons. The number of nitrogens with zero attached hydrogens (tertiary/aromatic N) is 2. The molecule has 196 valence electrons. The van der Waals surface area contributed by atoms with Gasteiger partial charge in [0.25, 0.3) is 5.91 Å². The molecule has 1 aromatic heterocycles. The molecule has 0 saturated carbocycles. The van der Waals surface area contributed by atoms with Gasteiger partial charge in [0.15, 0.2) is 17.3 Å². The average Bonchev–Trinajstić information content (AvgIpc) is 3.57. The van der Waals surface area contributed by atoms with Gasteiger partial charge in [0.2, 0.25) is 5.78 Å². The molecule has 3 heterocycles. The van der Waals surface area contributed by atoms with Crippen LogP contribution in [0.1, 0.15) is 54.8 Å². The quantitative estimate of drug-likeness (QED) is 0.356. The molecule has 5 rings (SSSR count). The fraction of sp³-hybridized carbons (Fsp3) is 0.429. The number of rotatable bonds is 8. The number of hydrogen-bond acceptors (Lipinski definition) is 6. The van der Waals surface area contributed by atoms with Crippen molar-refractivity contribution in [3.05, 3.63) is 59.5 Å². The lowest BCUT2D eigenvalue weighted by atomic mass is 9.99. The Balaban J connectivity index is 1.38. The normalized spacial score (nSPS) is 17.2. The predicted octanol–water partition coefficient (Wildman–Crippen LogP) is 3.63. The van der Waals surface area contributed by atoms with Crippen LogP contribution in [0.5, 0.6) is 11.5 Å². The number of hydrogen-bond donors (Lipinski definition) is 2. The highest BCUT2D eigenvalue weighted by atomic mass is 19.1.